The van der Waals surface area contributed by atoms with Crippen LogP contribution in [0.5, 0.6) is 0 Å². The van der Waals surface area contributed by atoms with E-state index >= 15 is 0 Å². The minimum absolute atomic E-state index is 0.166. The molecule has 0 spiro atoms. The number of hydrogen-bond donors (Lipinski definition) is 1. The van der Waals surface area contributed by atoms with E-state index in [1.807, 2.05) is 0 Å². The van der Waals surface area contributed by atoms with Crippen molar-refractivity contribution in [2.75, 3.05) is 0 Å². The minimum Gasteiger partial charge on any atom is -0.442 e. The van der Waals surface area contributed by atoms with Gasteiger partial charge in [-0.25, -0.2) is 9.86 Å². The highest BCUT2D eigenvalue weighted by Gasteiger charge is 2.56. The predicted molar refractivity (Wildman–Crippen MR) is 93.3 cm³/mol. The van der Waals surface area contributed by atoms with Crippen molar-refractivity contribution in [2.45, 2.75) is 65.1 Å². The van der Waals surface area contributed by atoms with E-state index in [0.717, 1.165) is 10.1 Å². The molecule has 0 aromatic heterocycles. The van der Waals surface area contributed by atoms with Gasteiger partial charge in [0.15, 0.2) is 5.82 Å². The summed E-state index contributed by atoms with van der Waals surface area (Å²) in [4.78, 5) is 15.6. The zero-order valence-corrected chi connectivity index (χ0v) is 15.8. The van der Waals surface area contributed by atoms with Crippen molar-refractivity contribution in [1.29, 1.82) is 0 Å². The van der Waals surface area contributed by atoms with Gasteiger partial charge in [0.05, 0.1) is 16.8 Å². The SMILES string of the molecule is CC(C)(C)OC(=O)N=C1C=CC(=C2N([O])C(C)(C)C(C)(C)N2O)C=C1. The summed E-state index contributed by atoms with van der Waals surface area (Å²) < 4.78 is 5.14. The number of carbonyl (C=O) groups is 1. The molecular formula is C18H26N3O4. The standard InChI is InChI=1S/C18H26N3O4/c1-16(2,3)25-15(22)19-13-10-8-12(9-11-13)14-20(23)17(4,5)18(6,7)21(14)24/h8-11,23H,1-7H3. The fourth-order valence-corrected chi connectivity index (χ4v) is 2.44. The average molecular weight is 348 g/mol. The normalized spacial score (nSPS) is 21.9. The van der Waals surface area contributed by atoms with Crippen LogP contribution in [0.3, 0.4) is 0 Å². The molecule has 0 aromatic rings. The zero-order valence-electron chi connectivity index (χ0n) is 15.8. The van der Waals surface area contributed by atoms with Gasteiger partial charge in [-0.3, -0.25) is 5.21 Å². The number of amides is 1. The number of rotatable bonds is 0. The Kier molecular flexibility index (Phi) is 4.61. The molecular weight excluding hydrogens is 322 g/mol. The molecule has 1 aliphatic carbocycles. The van der Waals surface area contributed by atoms with E-state index in [2.05, 4.69) is 4.99 Å². The van der Waals surface area contributed by atoms with Gasteiger partial charge in [-0.15, -0.1) is 0 Å². The Bertz CT molecular complexity index is 654. The Morgan fingerprint density at radius 3 is 2.00 bits per heavy atom. The quantitative estimate of drug-likeness (QED) is 0.723. The van der Waals surface area contributed by atoms with Gasteiger partial charge in [-0.05, 0) is 72.8 Å². The molecule has 1 heterocycles. The molecule has 0 aromatic carbocycles. The van der Waals surface area contributed by atoms with E-state index < -0.39 is 22.8 Å². The fourth-order valence-electron chi connectivity index (χ4n) is 2.44. The molecule has 0 bridgehead atoms. The lowest BCUT2D eigenvalue weighted by Gasteiger charge is -2.36. The molecule has 1 saturated heterocycles. The average Bonchev–Trinajstić information content (AvgIpc) is 2.57. The Hall–Kier alpha value is -2.12. The van der Waals surface area contributed by atoms with E-state index in [1.54, 1.807) is 72.8 Å². The maximum absolute atomic E-state index is 12.7. The largest absolute Gasteiger partial charge is 0.442 e. The van der Waals surface area contributed by atoms with Crippen LogP contribution in [0, 0.1) is 0 Å². The van der Waals surface area contributed by atoms with Crippen LogP contribution in [0.1, 0.15) is 48.5 Å². The number of hydrogen-bond acceptors (Lipinski definition) is 5. The second-order valence-corrected chi connectivity index (χ2v) is 8.19. The van der Waals surface area contributed by atoms with Crippen LogP contribution in [0.15, 0.2) is 40.7 Å². The fraction of sp³-hybridized carbons (Fsp3) is 0.556. The number of allylic oxidation sites excluding steroid dienone is 5. The first-order chi connectivity index (χ1) is 11.3. The van der Waals surface area contributed by atoms with E-state index in [4.69, 9.17) is 4.74 Å². The lowest BCUT2D eigenvalue weighted by Crippen LogP contribution is -2.52. The van der Waals surface area contributed by atoms with Crippen LogP contribution < -0.4 is 0 Å². The third-order valence-corrected chi connectivity index (χ3v) is 4.67. The molecule has 1 aliphatic heterocycles. The first kappa shape index (κ1) is 19.2. The van der Waals surface area contributed by atoms with Gasteiger partial charge in [-0.1, -0.05) is 5.21 Å². The van der Waals surface area contributed by atoms with Gasteiger partial charge in [0.25, 0.3) is 0 Å². The van der Waals surface area contributed by atoms with Crippen molar-refractivity contribution in [1.82, 2.24) is 10.1 Å². The molecule has 1 amide bonds. The van der Waals surface area contributed by atoms with Crippen molar-refractivity contribution in [2.24, 2.45) is 4.99 Å². The molecule has 2 aliphatic rings. The summed E-state index contributed by atoms with van der Waals surface area (Å²) in [6, 6.07) is 0. The van der Waals surface area contributed by atoms with Crippen LogP contribution in [-0.4, -0.2) is 43.8 Å². The van der Waals surface area contributed by atoms with Crippen molar-refractivity contribution in [3.05, 3.63) is 35.7 Å². The Morgan fingerprint density at radius 1 is 1.08 bits per heavy atom. The monoisotopic (exact) mass is 348 g/mol. The molecule has 1 N–H and O–H groups in total. The van der Waals surface area contributed by atoms with Crippen molar-refractivity contribution >= 4 is 11.8 Å². The maximum atomic E-state index is 12.7. The third kappa shape index (κ3) is 3.48. The number of nitrogens with zero attached hydrogens (tertiary/aromatic N) is 3. The molecule has 1 radical (unpaired) electrons. The molecule has 0 atom stereocenters. The molecule has 25 heavy (non-hydrogen) atoms. The zero-order chi connectivity index (χ0) is 19.2. The van der Waals surface area contributed by atoms with Crippen LogP contribution in [0.4, 0.5) is 4.79 Å². The second kappa shape index (κ2) is 6.00. The van der Waals surface area contributed by atoms with Crippen LogP contribution in [0.2, 0.25) is 0 Å². The smallest absolute Gasteiger partial charge is 0.434 e. The molecule has 7 heteroatoms. The van der Waals surface area contributed by atoms with Gasteiger partial charge in [0, 0.05) is 5.57 Å². The first-order valence-corrected chi connectivity index (χ1v) is 8.16. The number of hydroxylamine groups is 4. The Balaban J connectivity index is 2.28. The van der Waals surface area contributed by atoms with Gasteiger partial charge in [-0.2, -0.15) is 10.1 Å². The molecule has 2 rings (SSSR count). The van der Waals surface area contributed by atoms with E-state index in [9.17, 15) is 15.2 Å². The van der Waals surface area contributed by atoms with Gasteiger partial charge in [0.2, 0.25) is 0 Å². The highest BCUT2D eigenvalue weighted by molar-refractivity contribution is 6.10. The summed E-state index contributed by atoms with van der Waals surface area (Å²) in [5.74, 6) is 0.166. The summed E-state index contributed by atoms with van der Waals surface area (Å²) in [7, 11) is 0. The van der Waals surface area contributed by atoms with Crippen LogP contribution >= 0.6 is 0 Å². The summed E-state index contributed by atoms with van der Waals surface area (Å²) in [6.07, 6.45) is 5.82. The van der Waals surface area contributed by atoms with Gasteiger partial charge < -0.3 is 4.74 Å². The topological polar surface area (TPSA) is 85.3 Å². The molecule has 1 fully saturated rings. The summed E-state index contributed by atoms with van der Waals surface area (Å²) >= 11 is 0. The molecule has 137 valence electrons. The number of ether oxygens (including phenoxy) is 1. The summed E-state index contributed by atoms with van der Waals surface area (Å²) in [6.45, 7) is 12.5. The van der Waals surface area contributed by atoms with Crippen LogP contribution in [-0.2, 0) is 9.94 Å². The number of carbonyl (C=O) groups excluding carboxylic acids is 1. The van der Waals surface area contributed by atoms with Crippen LogP contribution in [0.25, 0.3) is 0 Å². The van der Waals surface area contributed by atoms with Crippen molar-refractivity contribution in [3.63, 3.8) is 0 Å². The molecule has 7 nitrogen and oxygen atoms in total. The van der Waals surface area contributed by atoms with E-state index in [-0.39, 0.29) is 5.82 Å². The highest BCUT2D eigenvalue weighted by atomic mass is 16.6. The first-order valence-electron chi connectivity index (χ1n) is 8.16. The maximum Gasteiger partial charge on any atom is 0.434 e. The third-order valence-electron chi connectivity index (χ3n) is 4.67. The van der Waals surface area contributed by atoms with Gasteiger partial charge in [0.1, 0.15) is 5.60 Å². The number of aliphatic imine (C=N–C) groups is 1. The highest BCUT2D eigenvalue weighted by Crippen LogP contribution is 2.44. The minimum atomic E-state index is -0.809. The second-order valence-electron chi connectivity index (χ2n) is 8.19. The lowest BCUT2D eigenvalue weighted by atomic mass is 9.84. The Labute approximate surface area is 148 Å². The van der Waals surface area contributed by atoms with Crippen molar-refractivity contribution < 1.29 is 19.9 Å². The predicted octanol–water partition coefficient (Wildman–Crippen LogP) is 3.61. The van der Waals surface area contributed by atoms with Gasteiger partial charge >= 0.3 is 6.09 Å². The van der Waals surface area contributed by atoms with E-state index in [0.29, 0.717) is 11.3 Å². The Morgan fingerprint density at radius 2 is 1.60 bits per heavy atom. The van der Waals surface area contributed by atoms with E-state index in [1.165, 1.54) is 0 Å². The molecule has 0 saturated carbocycles. The summed E-state index contributed by atoms with van der Waals surface area (Å²) in [5.41, 5.74) is -1.23. The summed E-state index contributed by atoms with van der Waals surface area (Å²) in [5, 5.41) is 24.9. The van der Waals surface area contributed by atoms with Crippen molar-refractivity contribution in [3.8, 4) is 0 Å². The lowest BCUT2D eigenvalue weighted by molar-refractivity contribution is -0.181. The molecule has 0 unspecified atom stereocenters.